The van der Waals surface area contributed by atoms with Gasteiger partial charge in [0.05, 0.1) is 0 Å². The van der Waals surface area contributed by atoms with Gasteiger partial charge in [-0.05, 0) is 45.8 Å². The van der Waals surface area contributed by atoms with Crippen molar-refractivity contribution in [3.05, 3.63) is 0 Å². The van der Waals surface area contributed by atoms with Gasteiger partial charge in [0, 0.05) is 13.0 Å². The van der Waals surface area contributed by atoms with E-state index in [2.05, 4.69) is 18.9 Å². The SMILES string of the molecule is CCCCCCCCCCCCC(CCO)OC=O.CN1CCCC1. The third kappa shape index (κ3) is 18.0. The number of likely N-dealkylation sites (tertiary alicyclic amines) is 1. The second-order valence-corrected chi connectivity index (χ2v) is 7.35. The number of nitrogens with zero attached hydrogens (tertiary/aromatic N) is 1. The molecule has 1 heterocycles. The van der Waals surface area contributed by atoms with Crippen LogP contribution in [0.5, 0.6) is 0 Å². The lowest BCUT2D eigenvalue weighted by molar-refractivity contribution is -0.134. The highest BCUT2D eigenvalue weighted by Gasteiger charge is 2.07. The summed E-state index contributed by atoms with van der Waals surface area (Å²) in [6.45, 7) is 5.48. The van der Waals surface area contributed by atoms with Crippen molar-refractivity contribution in [2.75, 3.05) is 26.7 Å². The summed E-state index contributed by atoms with van der Waals surface area (Å²) in [6, 6.07) is 0. The molecule has 1 aliphatic heterocycles. The molecule has 0 aliphatic carbocycles. The molecular weight excluding hydrogens is 314 g/mol. The Labute approximate surface area is 156 Å². The van der Waals surface area contributed by atoms with Crippen LogP contribution >= 0.6 is 0 Å². The number of unbranched alkanes of at least 4 members (excludes halogenated alkanes) is 9. The van der Waals surface area contributed by atoms with Crippen molar-refractivity contribution in [3.8, 4) is 0 Å². The number of carbonyl (C=O) groups is 1. The molecule has 1 N–H and O–H groups in total. The molecule has 150 valence electrons. The van der Waals surface area contributed by atoms with Crippen molar-refractivity contribution in [2.24, 2.45) is 0 Å². The van der Waals surface area contributed by atoms with Gasteiger partial charge >= 0.3 is 0 Å². The molecule has 0 radical (unpaired) electrons. The molecule has 0 spiro atoms. The molecule has 0 aromatic carbocycles. The summed E-state index contributed by atoms with van der Waals surface area (Å²) in [7, 11) is 2.17. The molecule has 1 unspecified atom stereocenters. The Hall–Kier alpha value is -0.610. The fraction of sp³-hybridized carbons (Fsp3) is 0.952. The Morgan fingerprint density at radius 3 is 1.84 bits per heavy atom. The zero-order chi connectivity index (χ0) is 18.6. The largest absolute Gasteiger partial charge is 0.464 e. The van der Waals surface area contributed by atoms with Gasteiger partial charge in [-0.2, -0.15) is 0 Å². The van der Waals surface area contributed by atoms with Crippen molar-refractivity contribution < 1.29 is 14.6 Å². The topological polar surface area (TPSA) is 49.8 Å². The van der Waals surface area contributed by atoms with Gasteiger partial charge in [0.15, 0.2) is 0 Å². The van der Waals surface area contributed by atoms with Gasteiger partial charge in [-0.15, -0.1) is 0 Å². The lowest BCUT2D eigenvalue weighted by atomic mass is 10.0. The average molecular weight is 358 g/mol. The second kappa shape index (κ2) is 19.7. The van der Waals surface area contributed by atoms with Crippen LogP contribution in [0.4, 0.5) is 0 Å². The van der Waals surface area contributed by atoms with Crippen LogP contribution in [0.15, 0.2) is 0 Å². The Kier molecular flexibility index (Phi) is 19.2. The summed E-state index contributed by atoms with van der Waals surface area (Å²) in [5, 5.41) is 8.83. The average Bonchev–Trinajstić information content (AvgIpc) is 3.08. The van der Waals surface area contributed by atoms with E-state index in [1.807, 2.05) is 0 Å². The van der Waals surface area contributed by atoms with Gasteiger partial charge < -0.3 is 14.7 Å². The lowest BCUT2D eigenvalue weighted by Crippen LogP contribution is -2.13. The maximum atomic E-state index is 10.3. The Bertz CT molecular complexity index is 268. The number of hydrogen-bond acceptors (Lipinski definition) is 4. The summed E-state index contributed by atoms with van der Waals surface area (Å²) in [4.78, 5) is 12.6. The molecule has 1 rings (SSSR count). The van der Waals surface area contributed by atoms with Crippen LogP contribution in [-0.4, -0.2) is 49.3 Å². The molecule has 25 heavy (non-hydrogen) atoms. The Morgan fingerprint density at radius 2 is 1.44 bits per heavy atom. The maximum absolute atomic E-state index is 10.3. The predicted molar refractivity (Wildman–Crippen MR) is 106 cm³/mol. The third-order valence-corrected chi connectivity index (χ3v) is 4.91. The number of aliphatic hydroxyl groups is 1. The summed E-state index contributed by atoms with van der Waals surface area (Å²) in [6.07, 6.45) is 17.3. The lowest BCUT2D eigenvalue weighted by Gasteiger charge is -2.13. The molecule has 4 nitrogen and oxygen atoms in total. The van der Waals surface area contributed by atoms with Crippen LogP contribution < -0.4 is 0 Å². The van der Waals surface area contributed by atoms with Crippen LogP contribution in [-0.2, 0) is 9.53 Å². The zero-order valence-corrected chi connectivity index (χ0v) is 16.9. The normalized spacial score (nSPS) is 15.5. The molecule has 1 fully saturated rings. The van der Waals surface area contributed by atoms with Crippen LogP contribution in [0.3, 0.4) is 0 Å². The second-order valence-electron chi connectivity index (χ2n) is 7.35. The summed E-state index contributed by atoms with van der Waals surface area (Å²) >= 11 is 0. The molecule has 0 saturated carbocycles. The molecule has 0 aromatic heterocycles. The molecule has 1 saturated heterocycles. The number of ether oxygens (including phenoxy) is 1. The molecular formula is C21H43NO3. The fourth-order valence-corrected chi connectivity index (χ4v) is 3.24. The fourth-order valence-electron chi connectivity index (χ4n) is 3.24. The van der Waals surface area contributed by atoms with E-state index in [0.717, 1.165) is 12.8 Å². The predicted octanol–water partition coefficient (Wildman–Crippen LogP) is 4.93. The molecule has 0 amide bonds. The van der Waals surface area contributed by atoms with Crippen molar-refractivity contribution in [1.82, 2.24) is 4.90 Å². The van der Waals surface area contributed by atoms with Crippen LogP contribution in [0.1, 0.15) is 96.8 Å². The van der Waals surface area contributed by atoms with Gasteiger partial charge in [0.25, 0.3) is 6.47 Å². The van der Waals surface area contributed by atoms with Crippen LogP contribution in [0, 0.1) is 0 Å². The highest BCUT2D eigenvalue weighted by molar-refractivity contribution is 5.37. The molecule has 4 heteroatoms. The van der Waals surface area contributed by atoms with E-state index in [1.54, 1.807) is 0 Å². The Balaban J connectivity index is 0.000000796. The molecule has 1 aliphatic rings. The zero-order valence-electron chi connectivity index (χ0n) is 16.9. The highest BCUT2D eigenvalue weighted by atomic mass is 16.5. The van der Waals surface area contributed by atoms with Gasteiger partial charge in [-0.3, -0.25) is 4.79 Å². The first-order chi connectivity index (χ1) is 12.2. The first-order valence-corrected chi connectivity index (χ1v) is 10.6. The van der Waals surface area contributed by atoms with E-state index < -0.39 is 0 Å². The highest BCUT2D eigenvalue weighted by Crippen LogP contribution is 2.13. The summed E-state index contributed by atoms with van der Waals surface area (Å²) in [5.41, 5.74) is 0. The minimum Gasteiger partial charge on any atom is -0.464 e. The minimum atomic E-state index is -0.0865. The van der Waals surface area contributed by atoms with Crippen molar-refractivity contribution in [1.29, 1.82) is 0 Å². The summed E-state index contributed by atoms with van der Waals surface area (Å²) < 4.78 is 4.92. The van der Waals surface area contributed by atoms with Gasteiger partial charge in [0.1, 0.15) is 6.10 Å². The first kappa shape index (κ1) is 24.4. The maximum Gasteiger partial charge on any atom is 0.293 e. The quantitative estimate of drug-likeness (QED) is 0.333. The van der Waals surface area contributed by atoms with E-state index in [1.165, 1.54) is 83.7 Å². The number of aliphatic hydroxyl groups excluding tert-OH is 1. The van der Waals surface area contributed by atoms with E-state index in [0.29, 0.717) is 12.9 Å². The van der Waals surface area contributed by atoms with E-state index in [4.69, 9.17) is 9.84 Å². The Morgan fingerprint density at radius 1 is 0.920 bits per heavy atom. The molecule has 1 atom stereocenters. The van der Waals surface area contributed by atoms with E-state index >= 15 is 0 Å². The number of hydrogen-bond donors (Lipinski definition) is 1. The van der Waals surface area contributed by atoms with Gasteiger partial charge in [-0.1, -0.05) is 64.7 Å². The third-order valence-electron chi connectivity index (χ3n) is 4.91. The van der Waals surface area contributed by atoms with Crippen molar-refractivity contribution in [3.63, 3.8) is 0 Å². The van der Waals surface area contributed by atoms with E-state index in [9.17, 15) is 4.79 Å². The number of carbonyl (C=O) groups excluding carboxylic acids is 1. The van der Waals surface area contributed by atoms with Crippen molar-refractivity contribution in [2.45, 2.75) is 103 Å². The first-order valence-electron chi connectivity index (χ1n) is 10.6. The van der Waals surface area contributed by atoms with Gasteiger partial charge in [-0.25, -0.2) is 0 Å². The minimum absolute atomic E-state index is 0.0865. The van der Waals surface area contributed by atoms with Crippen molar-refractivity contribution >= 4 is 6.47 Å². The smallest absolute Gasteiger partial charge is 0.293 e. The summed E-state index contributed by atoms with van der Waals surface area (Å²) in [5.74, 6) is 0. The molecule has 0 aromatic rings. The van der Waals surface area contributed by atoms with Crippen LogP contribution in [0.2, 0.25) is 0 Å². The van der Waals surface area contributed by atoms with E-state index in [-0.39, 0.29) is 12.7 Å². The standard InChI is InChI=1S/C16H32O3.C5H11N/c1-2-3-4-5-6-7-8-9-10-11-12-16(13-14-17)19-15-18;1-6-4-2-3-5-6/h15-17H,2-14H2,1H3;2-5H2,1H3. The molecule has 0 bridgehead atoms. The monoisotopic (exact) mass is 357 g/mol. The number of rotatable bonds is 15. The van der Waals surface area contributed by atoms with Gasteiger partial charge in [0.2, 0.25) is 0 Å². The van der Waals surface area contributed by atoms with Crippen LogP contribution in [0.25, 0.3) is 0 Å².